The van der Waals surface area contributed by atoms with Crippen molar-refractivity contribution in [3.63, 3.8) is 0 Å². The molecule has 2 aromatic rings. The summed E-state index contributed by atoms with van der Waals surface area (Å²) in [6, 6.07) is 15.0. The number of piperidine rings is 1. The third-order valence-corrected chi connectivity index (χ3v) is 6.09. The third kappa shape index (κ3) is 4.71. The van der Waals surface area contributed by atoms with Crippen molar-refractivity contribution in [1.29, 1.82) is 0 Å². The smallest absolute Gasteiger partial charge is 0.250 e. The normalized spacial score (nSPS) is 16.1. The van der Waals surface area contributed by atoms with Crippen molar-refractivity contribution < 1.29 is 14.7 Å². The first-order valence-electron chi connectivity index (χ1n) is 8.43. The highest BCUT2D eigenvalue weighted by Gasteiger charge is 2.39. The predicted molar refractivity (Wildman–Crippen MR) is 103 cm³/mol. The maximum atomic E-state index is 12.2. The highest BCUT2D eigenvalue weighted by atomic mass is 35.5. The Morgan fingerprint density at radius 1 is 1.12 bits per heavy atom. The van der Waals surface area contributed by atoms with Crippen LogP contribution in [0.25, 0.3) is 0 Å². The highest BCUT2D eigenvalue weighted by molar-refractivity contribution is 7.99. The van der Waals surface area contributed by atoms with Gasteiger partial charge in [-0.15, -0.1) is 11.8 Å². The zero-order valence-electron chi connectivity index (χ0n) is 14.2. The van der Waals surface area contributed by atoms with Crippen molar-refractivity contribution in [2.24, 2.45) is 5.41 Å². The molecule has 0 unspecified atom stereocenters. The van der Waals surface area contributed by atoms with Gasteiger partial charge >= 0.3 is 0 Å². The Labute approximate surface area is 162 Å². The summed E-state index contributed by atoms with van der Waals surface area (Å²) >= 11 is 7.49. The number of carbonyl (C=O) groups is 1. The van der Waals surface area contributed by atoms with Gasteiger partial charge in [0.05, 0.1) is 5.41 Å². The van der Waals surface area contributed by atoms with Gasteiger partial charge in [-0.2, -0.15) is 0 Å². The van der Waals surface area contributed by atoms with Crippen LogP contribution in [0.15, 0.2) is 53.4 Å². The summed E-state index contributed by atoms with van der Waals surface area (Å²) < 4.78 is 5.78. The van der Waals surface area contributed by atoms with Crippen molar-refractivity contribution in [2.75, 3.05) is 18.8 Å². The second-order valence-corrected chi connectivity index (χ2v) is 7.77. The van der Waals surface area contributed by atoms with Crippen LogP contribution in [0.4, 0.5) is 0 Å². The van der Waals surface area contributed by atoms with Crippen LogP contribution >= 0.6 is 23.4 Å². The molecule has 138 valence electrons. The number of ether oxygens (including phenoxy) is 1. The Kier molecular flexibility index (Phi) is 6.43. The Hall–Kier alpha value is -1.73. The second-order valence-electron chi connectivity index (χ2n) is 6.29. The molecule has 7 heteroatoms. The first-order valence-corrected chi connectivity index (χ1v) is 9.79. The summed E-state index contributed by atoms with van der Waals surface area (Å²) in [4.78, 5) is 13.2. The van der Waals surface area contributed by atoms with Crippen LogP contribution in [0.1, 0.15) is 12.8 Å². The van der Waals surface area contributed by atoms with Gasteiger partial charge in [0, 0.05) is 15.7 Å². The second kappa shape index (κ2) is 8.77. The number of benzene rings is 2. The number of hydroxylamine groups is 1. The van der Waals surface area contributed by atoms with E-state index in [1.54, 1.807) is 23.9 Å². The van der Waals surface area contributed by atoms with E-state index in [1.807, 2.05) is 41.9 Å². The van der Waals surface area contributed by atoms with Crippen LogP contribution in [0.3, 0.4) is 0 Å². The molecular weight excluding hydrogens is 372 g/mol. The molecule has 1 heterocycles. The fourth-order valence-corrected chi connectivity index (χ4v) is 4.24. The lowest BCUT2D eigenvalue weighted by Crippen LogP contribution is -2.48. The molecule has 3 N–H and O–H groups in total. The number of rotatable bonds is 6. The number of hydrogen-bond donors (Lipinski definition) is 3. The van der Waals surface area contributed by atoms with Crippen molar-refractivity contribution in [3.05, 3.63) is 53.6 Å². The average Bonchev–Trinajstić information content (AvgIpc) is 2.69. The van der Waals surface area contributed by atoms with Crippen LogP contribution in [0.2, 0.25) is 5.02 Å². The van der Waals surface area contributed by atoms with Crippen LogP contribution in [0.5, 0.6) is 11.5 Å². The molecule has 26 heavy (non-hydrogen) atoms. The predicted octanol–water partition coefficient (Wildman–Crippen LogP) is 4.10. The van der Waals surface area contributed by atoms with Crippen LogP contribution < -0.4 is 15.5 Å². The topological polar surface area (TPSA) is 70.6 Å². The number of amides is 1. The summed E-state index contributed by atoms with van der Waals surface area (Å²) in [6.07, 6.45) is 1.42. The van der Waals surface area contributed by atoms with Gasteiger partial charge < -0.3 is 10.1 Å². The largest absolute Gasteiger partial charge is 0.457 e. The van der Waals surface area contributed by atoms with Crippen molar-refractivity contribution in [2.45, 2.75) is 17.7 Å². The van der Waals surface area contributed by atoms with Gasteiger partial charge in [0.15, 0.2) is 0 Å². The molecule has 0 aliphatic carbocycles. The minimum absolute atomic E-state index is 0.297. The monoisotopic (exact) mass is 392 g/mol. The molecule has 0 spiro atoms. The number of thioether (sulfide) groups is 1. The zero-order valence-corrected chi connectivity index (χ0v) is 15.8. The van der Waals surface area contributed by atoms with E-state index in [9.17, 15) is 4.79 Å². The summed E-state index contributed by atoms with van der Waals surface area (Å²) in [6.45, 7) is 1.56. The van der Waals surface area contributed by atoms with Gasteiger partial charge in [0.25, 0.3) is 0 Å². The van der Waals surface area contributed by atoms with E-state index in [1.165, 1.54) is 0 Å². The van der Waals surface area contributed by atoms with Crippen molar-refractivity contribution in [1.82, 2.24) is 10.8 Å². The fraction of sp³-hybridized carbons (Fsp3) is 0.316. The maximum absolute atomic E-state index is 12.2. The minimum Gasteiger partial charge on any atom is -0.457 e. The molecule has 1 amide bonds. The Morgan fingerprint density at radius 2 is 1.69 bits per heavy atom. The third-order valence-electron chi connectivity index (χ3n) is 4.53. The molecule has 5 nitrogen and oxygen atoms in total. The Bertz CT molecular complexity index is 731. The molecule has 0 radical (unpaired) electrons. The molecule has 1 aliphatic rings. The molecule has 1 aliphatic heterocycles. The zero-order chi connectivity index (χ0) is 18.4. The lowest BCUT2D eigenvalue weighted by Gasteiger charge is -2.35. The van der Waals surface area contributed by atoms with Gasteiger partial charge in [0.1, 0.15) is 11.5 Å². The number of carbonyl (C=O) groups excluding carboxylic acids is 1. The quantitative estimate of drug-likeness (QED) is 0.392. The standard InChI is InChI=1S/C19H21ClN2O3S/c20-14-1-3-15(4-2-14)25-16-5-7-17(8-6-16)26-13-19(18(23)22-24)9-11-21-12-10-19/h1-8,21,24H,9-13H2,(H,22,23). The van der Waals surface area contributed by atoms with E-state index >= 15 is 0 Å². The van der Waals surface area contributed by atoms with Crippen molar-refractivity contribution in [3.8, 4) is 11.5 Å². The van der Waals surface area contributed by atoms with Gasteiger partial charge in [-0.3, -0.25) is 10.0 Å². The summed E-state index contributed by atoms with van der Waals surface area (Å²) in [7, 11) is 0. The fourth-order valence-electron chi connectivity index (χ4n) is 2.92. The number of halogens is 1. The van der Waals surface area contributed by atoms with E-state index in [2.05, 4.69) is 5.32 Å². The first-order chi connectivity index (χ1) is 12.6. The van der Waals surface area contributed by atoms with Crippen LogP contribution in [-0.4, -0.2) is 30.0 Å². The SMILES string of the molecule is O=C(NO)C1(CSc2ccc(Oc3ccc(Cl)cc3)cc2)CCNCC1. The molecule has 1 saturated heterocycles. The van der Waals surface area contributed by atoms with Gasteiger partial charge in [-0.25, -0.2) is 5.48 Å². The van der Waals surface area contributed by atoms with Crippen molar-refractivity contribution >= 4 is 29.3 Å². The Balaban J connectivity index is 1.61. The van der Waals surface area contributed by atoms with Gasteiger partial charge in [-0.1, -0.05) is 11.6 Å². The molecule has 0 atom stereocenters. The Morgan fingerprint density at radius 3 is 2.27 bits per heavy atom. The summed E-state index contributed by atoms with van der Waals surface area (Å²) in [5, 5.41) is 13.0. The molecule has 1 fully saturated rings. The first kappa shape index (κ1) is 19.0. The lowest BCUT2D eigenvalue weighted by molar-refractivity contribution is -0.140. The molecule has 0 aromatic heterocycles. The molecular formula is C19H21ClN2O3S. The number of nitrogens with one attached hydrogen (secondary N) is 2. The highest BCUT2D eigenvalue weighted by Crippen LogP contribution is 2.36. The molecule has 0 bridgehead atoms. The lowest BCUT2D eigenvalue weighted by atomic mass is 9.80. The van der Waals surface area contributed by atoms with E-state index in [0.717, 1.165) is 29.5 Å². The van der Waals surface area contributed by atoms with E-state index in [0.29, 0.717) is 23.6 Å². The minimum atomic E-state index is -0.539. The molecule has 0 saturated carbocycles. The van der Waals surface area contributed by atoms with Gasteiger partial charge in [0.2, 0.25) is 5.91 Å². The van der Waals surface area contributed by atoms with E-state index < -0.39 is 5.41 Å². The number of hydrogen-bond acceptors (Lipinski definition) is 5. The van der Waals surface area contributed by atoms with E-state index in [4.69, 9.17) is 21.5 Å². The summed E-state index contributed by atoms with van der Waals surface area (Å²) in [5.41, 5.74) is 1.30. The molecule has 3 rings (SSSR count). The maximum Gasteiger partial charge on any atom is 0.250 e. The molecule has 2 aromatic carbocycles. The van der Waals surface area contributed by atoms with Gasteiger partial charge in [-0.05, 0) is 74.5 Å². The van der Waals surface area contributed by atoms with Crippen LogP contribution in [-0.2, 0) is 4.79 Å². The van der Waals surface area contributed by atoms with Crippen LogP contribution in [0, 0.1) is 5.41 Å². The van der Waals surface area contributed by atoms with E-state index in [-0.39, 0.29) is 5.91 Å². The summed E-state index contributed by atoms with van der Waals surface area (Å²) in [5.74, 6) is 1.79. The average molecular weight is 393 g/mol.